The van der Waals surface area contributed by atoms with Crippen LogP contribution < -0.4 is 5.32 Å². The van der Waals surface area contributed by atoms with Gasteiger partial charge in [0.1, 0.15) is 0 Å². The lowest BCUT2D eigenvalue weighted by Gasteiger charge is -2.17. The van der Waals surface area contributed by atoms with E-state index >= 15 is 0 Å². The molecule has 2 nitrogen and oxygen atoms in total. The molecule has 2 heteroatoms. The normalized spacial score (nSPS) is 11.9. The van der Waals surface area contributed by atoms with Gasteiger partial charge < -0.3 is 5.32 Å². The molecule has 0 aliphatic rings. The molecule has 17 heavy (non-hydrogen) atoms. The van der Waals surface area contributed by atoms with Crippen molar-refractivity contribution in [3.63, 3.8) is 0 Å². The van der Waals surface area contributed by atoms with Gasteiger partial charge in [-0.2, -0.15) is 0 Å². The second-order valence-electron chi connectivity index (χ2n) is 6.67. The van der Waals surface area contributed by atoms with E-state index in [0.717, 1.165) is 13.0 Å². The molecule has 0 aliphatic carbocycles. The highest BCUT2D eigenvalue weighted by Gasteiger charge is 2.08. The number of hydrogen-bond acceptors (Lipinski definition) is 1. The van der Waals surface area contributed by atoms with Crippen molar-refractivity contribution in [2.24, 2.45) is 11.3 Å². The molecule has 0 aromatic carbocycles. The van der Waals surface area contributed by atoms with Crippen molar-refractivity contribution < 1.29 is 4.79 Å². The minimum Gasteiger partial charge on any atom is -0.356 e. The maximum Gasteiger partial charge on any atom is 0.220 e. The van der Waals surface area contributed by atoms with Crippen molar-refractivity contribution in [3.05, 3.63) is 0 Å². The molecule has 0 rings (SSSR count). The van der Waals surface area contributed by atoms with Gasteiger partial charge in [0.2, 0.25) is 5.91 Å². The van der Waals surface area contributed by atoms with Crippen LogP contribution >= 0.6 is 0 Å². The molecule has 102 valence electrons. The lowest BCUT2D eigenvalue weighted by Crippen LogP contribution is -2.25. The van der Waals surface area contributed by atoms with Gasteiger partial charge in [0.15, 0.2) is 0 Å². The van der Waals surface area contributed by atoms with E-state index in [1.807, 2.05) is 0 Å². The molecular formula is C15H31NO. The standard InChI is InChI=1S/C15H31NO/c1-13(2)12-14(17)16-11-9-7-6-8-10-15(3,4)5/h13H,6-12H2,1-5H3,(H,16,17). The van der Waals surface area contributed by atoms with Crippen LogP contribution in [-0.2, 0) is 4.79 Å². The molecule has 0 saturated heterocycles. The maximum atomic E-state index is 11.4. The van der Waals surface area contributed by atoms with Gasteiger partial charge in [-0.15, -0.1) is 0 Å². The van der Waals surface area contributed by atoms with Crippen LogP contribution in [0.15, 0.2) is 0 Å². The smallest absolute Gasteiger partial charge is 0.220 e. The maximum absolute atomic E-state index is 11.4. The van der Waals surface area contributed by atoms with Gasteiger partial charge in [-0.3, -0.25) is 4.79 Å². The highest BCUT2D eigenvalue weighted by atomic mass is 16.1. The molecule has 0 aliphatic heterocycles. The number of carbonyl (C=O) groups is 1. The number of nitrogens with one attached hydrogen (secondary N) is 1. The number of carbonyl (C=O) groups excluding carboxylic acids is 1. The largest absolute Gasteiger partial charge is 0.356 e. The quantitative estimate of drug-likeness (QED) is 0.636. The van der Waals surface area contributed by atoms with Crippen LogP contribution in [0.5, 0.6) is 0 Å². The van der Waals surface area contributed by atoms with Gasteiger partial charge in [0.05, 0.1) is 0 Å². The van der Waals surface area contributed by atoms with Gasteiger partial charge >= 0.3 is 0 Å². The van der Waals surface area contributed by atoms with Crippen molar-refractivity contribution >= 4 is 5.91 Å². The first-order valence-corrected chi connectivity index (χ1v) is 7.08. The third-order valence-corrected chi connectivity index (χ3v) is 2.77. The van der Waals surface area contributed by atoms with Gasteiger partial charge in [-0.05, 0) is 24.2 Å². The molecule has 0 bridgehead atoms. The minimum atomic E-state index is 0.203. The summed E-state index contributed by atoms with van der Waals surface area (Å²) in [6, 6.07) is 0. The number of amides is 1. The zero-order valence-electron chi connectivity index (χ0n) is 12.4. The Morgan fingerprint density at radius 1 is 1.06 bits per heavy atom. The van der Waals surface area contributed by atoms with Crippen LogP contribution in [-0.4, -0.2) is 12.5 Å². The fraction of sp³-hybridized carbons (Fsp3) is 0.933. The summed E-state index contributed by atoms with van der Waals surface area (Å²) >= 11 is 0. The number of unbranched alkanes of at least 4 members (excludes halogenated alkanes) is 3. The van der Waals surface area contributed by atoms with Crippen LogP contribution in [0.2, 0.25) is 0 Å². The Kier molecular flexibility index (Phi) is 8.28. The van der Waals surface area contributed by atoms with E-state index in [9.17, 15) is 4.79 Å². The van der Waals surface area contributed by atoms with E-state index in [1.165, 1.54) is 25.7 Å². The lowest BCUT2D eigenvalue weighted by molar-refractivity contribution is -0.121. The Hall–Kier alpha value is -0.530. The first kappa shape index (κ1) is 16.5. The van der Waals surface area contributed by atoms with Gasteiger partial charge in [0.25, 0.3) is 0 Å². The molecule has 0 atom stereocenters. The van der Waals surface area contributed by atoms with E-state index < -0.39 is 0 Å². The summed E-state index contributed by atoms with van der Waals surface area (Å²) in [6.45, 7) is 11.9. The van der Waals surface area contributed by atoms with Crippen molar-refractivity contribution in [2.45, 2.75) is 73.1 Å². The SMILES string of the molecule is CC(C)CC(=O)NCCCCCCC(C)(C)C. The summed E-state index contributed by atoms with van der Waals surface area (Å²) in [5, 5.41) is 2.98. The molecule has 0 aromatic heterocycles. The lowest BCUT2D eigenvalue weighted by atomic mass is 9.89. The molecule has 1 N–H and O–H groups in total. The second-order valence-corrected chi connectivity index (χ2v) is 6.67. The van der Waals surface area contributed by atoms with E-state index in [0.29, 0.717) is 17.8 Å². The van der Waals surface area contributed by atoms with E-state index in [1.54, 1.807) is 0 Å². The van der Waals surface area contributed by atoms with Crippen LogP contribution in [0, 0.1) is 11.3 Å². The molecule has 0 unspecified atom stereocenters. The van der Waals surface area contributed by atoms with Crippen LogP contribution in [0.3, 0.4) is 0 Å². The van der Waals surface area contributed by atoms with Crippen LogP contribution in [0.4, 0.5) is 0 Å². The Balaban J connectivity index is 3.27. The monoisotopic (exact) mass is 241 g/mol. The van der Waals surface area contributed by atoms with Crippen molar-refractivity contribution in [3.8, 4) is 0 Å². The predicted molar refractivity (Wildman–Crippen MR) is 75.0 cm³/mol. The Bertz CT molecular complexity index is 203. The molecule has 0 radical (unpaired) electrons. The third-order valence-electron chi connectivity index (χ3n) is 2.77. The zero-order chi connectivity index (χ0) is 13.3. The van der Waals surface area contributed by atoms with Crippen molar-refractivity contribution in [1.82, 2.24) is 5.32 Å². The molecule has 0 spiro atoms. The van der Waals surface area contributed by atoms with E-state index in [4.69, 9.17) is 0 Å². The Labute approximate surface area is 108 Å². The summed E-state index contributed by atoms with van der Waals surface area (Å²) in [6.07, 6.45) is 6.91. The van der Waals surface area contributed by atoms with Crippen molar-refractivity contribution in [1.29, 1.82) is 0 Å². The first-order valence-electron chi connectivity index (χ1n) is 7.08. The number of hydrogen-bond donors (Lipinski definition) is 1. The summed E-state index contributed by atoms with van der Waals surface area (Å²) in [7, 11) is 0. The van der Waals surface area contributed by atoms with E-state index in [-0.39, 0.29) is 5.91 Å². The van der Waals surface area contributed by atoms with Gasteiger partial charge in [-0.1, -0.05) is 53.9 Å². The molecule has 0 aromatic rings. The summed E-state index contributed by atoms with van der Waals surface area (Å²) < 4.78 is 0. The predicted octanol–water partition coefficient (Wildman–Crippen LogP) is 4.15. The first-order chi connectivity index (χ1) is 7.81. The average molecular weight is 241 g/mol. The molecule has 1 amide bonds. The van der Waals surface area contributed by atoms with Crippen molar-refractivity contribution in [2.75, 3.05) is 6.54 Å². The number of rotatable bonds is 8. The molecule has 0 fully saturated rings. The van der Waals surface area contributed by atoms with Gasteiger partial charge in [0, 0.05) is 13.0 Å². The Morgan fingerprint density at radius 3 is 2.18 bits per heavy atom. The molecular weight excluding hydrogens is 210 g/mol. The molecule has 0 saturated carbocycles. The molecule has 0 heterocycles. The van der Waals surface area contributed by atoms with E-state index in [2.05, 4.69) is 39.9 Å². The van der Waals surface area contributed by atoms with Gasteiger partial charge in [-0.25, -0.2) is 0 Å². The summed E-state index contributed by atoms with van der Waals surface area (Å²) in [5.41, 5.74) is 0.464. The minimum absolute atomic E-state index is 0.203. The second kappa shape index (κ2) is 8.54. The third kappa shape index (κ3) is 13.4. The Morgan fingerprint density at radius 2 is 1.65 bits per heavy atom. The summed E-state index contributed by atoms with van der Waals surface area (Å²) in [4.78, 5) is 11.4. The fourth-order valence-corrected chi connectivity index (χ4v) is 1.80. The summed E-state index contributed by atoms with van der Waals surface area (Å²) in [5.74, 6) is 0.663. The topological polar surface area (TPSA) is 29.1 Å². The van der Waals surface area contributed by atoms with Crippen LogP contribution in [0.25, 0.3) is 0 Å². The highest BCUT2D eigenvalue weighted by molar-refractivity contribution is 5.75. The fourth-order valence-electron chi connectivity index (χ4n) is 1.80. The van der Waals surface area contributed by atoms with Crippen LogP contribution in [0.1, 0.15) is 73.1 Å². The average Bonchev–Trinajstić information content (AvgIpc) is 2.13. The highest BCUT2D eigenvalue weighted by Crippen LogP contribution is 2.22. The zero-order valence-corrected chi connectivity index (χ0v) is 12.4.